The highest BCUT2D eigenvalue weighted by Gasteiger charge is 2.21. The van der Waals surface area contributed by atoms with E-state index in [4.69, 9.17) is 4.74 Å². The lowest BCUT2D eigenvalue weighted by Gasteiger charge is -2.14. The van der Waals surface area contributed by atoms with Gasteiger partial charge in [0.25, 0.3) is 0 Å². The van der Waals surface area contributed by atoms with E-state index in [1.54, 1.807) is 12.1 Å². The Hall–Kier alpha value is -3.27. The summed E-state index contributed by atoms with van der Waals surface area (Å²) in [6.07, 6.45) is 0.321. The van der Waals surface area contributed by atoms with Crippen molar-refractivity contribution in [2.45, 2.75) is 18.9 Å². The molecule has 0 aliphatic carbocycles. The molecule has 3 rings (SSSR count). The molecule has 3 aromatic carbocycles. The van der Waals surface area contributed by atoms with Crippen molar-refractivity contribution < 1.29 is 19.7 Å². The number of benzene rings is 3. The van der Waals surface area contributed by atoms with E-state index in [1.165, 1.54) is 12.1 Å². The lowest BCUT2D eigenvalue weighted by molar-refractivity contribution is -0.138. The highest BCUT2D eigenvalue weighted by Crippen LogP contribution is 2.26. The summed E-state index contributed by atoms with van der Waals surface area (Å²) in [6.45, 7) is 0.458. The first kappa shape index (κ1) is 17.5. The van der Waals surface area contributed by atoms with Crippen LogP contribution in [-0.4, -0.2) is 16.2 Å². The molecule has 26 heavy (non-hydrogen) atoms. The molecule has 0 radical (unpaired) electrons. The third-order valence-electron chi connectivity index (χ3n) is 4.16. The van der Waals surface area contributed by atoms with Crippen LogP contribution in [0.5, 0.6) is 11.5 Å². The van der Waals surface area contributed by atoms with Gasteiger partial charge in [-0.1, -0.05) is 54.6 Å². The molecule has 3 aromatic rings. The number of aromatic hydroxyl groups is 1. The monoisotopic (exact) mass is 348 g/mol. The number of aliphatic carboxylic acids is 1. The van der Waals surface area contributed by atoms with Gasteiger partial charge in [0.15, 0.2) is 0 Å². The fraction of sp³-hybridized carbons (Fsp3) is 0.136. The molecular weight excluding hydrogens is 328 g/mol. The van der Waals surface area contributed by atoms with Gasteiger partial charge in [-0.05, 0) is 47.4 Å². The Labute approximate surface area is 152 Å². The first-order valence-corrected chi connectivity index (χ1v) is 8.39. The maximum atomic E-state index is 11.7. The van der Waals surface area contributed by atoms with Crippen LogP contribution in [0.3, 0.4) is 0 Å². The molecule has 0 heterocycles. The molecule has 1 unspecified atom stereocenters. The van der Waals surface area contributed by atoms with Crippen molar-refractivity contribution in [3.63, 3.8) is 0 Å². The summed E-state index contributed by atoms with van der Waals surface area (Å²) in [6, 6.07) is 23.7. The Morgan fingerprint density at radius 3 is 2.35 bits per heavy atom. The molecule has 0 aromatic heterocycles. The van der Waals surface area contributed by atoms with E-state index in [9.17, 15) is 15.0 Å². The molecule has 2 N–H and O–H groups in total. The van der Waals surface area contributed by atoms with Crippen LogP contribution < -0.4 is 4.74 Å². The molecule has 0 fully saturated rings. The van der Waals surface area contributed by atoms with Crippen LogP contribution in [0.15, 0.2) is 78.9 Å². The van der Waals surface area contributed by atoms with Crippen LogP contribution in [0, 0.1) is 0 Å². The van der Waals surface area contributed by atoms with Gasteiger partial charge < -0.3 is 14.9 Å². The second kappa shape index (κ2) is 8.21. The van der Waals surface area contributed by atoms with Gasteiger partial charge in [-0.15, -0.1) is 0 Å². The van der Waals surface area contributed by atoms with Crippen molar-refractivity contribution in [2.75, 3.05) is 0 Å². The molecule has 0 bridgehead atoms. The second-order valence-corrected chi connectivity index (χ2v) is 6.11. The summed E-state index contributed by atoms with van der Waals surface area (Å²) in [5, 5.41) is 19.2. The zero-order valence-corrected chi connectivity index (χ0v) is 14.2. The van der Waals surface area contributed by atoms with Gasteiger partial charge in [0.1, 0.15) is 18.1 Å². The van der Waals surface area contributed by atoms with Gasteiger partial charge in [-0.2, -0.15) is 0 Å². The number of carboxylic acids is 1. The van der Waals surface area contributed by atoms with Crippen LogP contribution in [0.4, 0.5) is 0 Å². The van der Waals surface area contributed by atoms with Crippen molar-refractivity contribution in [2.24, 2.45) is 0 Å². The number of hydrogen-bond acceptors (Lipinski definition) is 3. The summed E-state index contributed by atoms with van der Waals surface area (Å²) >= 11 is 0. The molecule has 4 nitrogen and oxygen atoms in total. The highest BCUT2D eigenvalue weighted by molar-refractivity contribution is 5.76. The molecule has 0 aliphatic heterocycles. The normalized spacial score (nSPS) is 11.7. The predicted molar refractivity (Wildman–Crippen MR) is 99.4 cm³/mol. The van der Waals surface area contributed by atoms with Crippen molar-refractivity contribution in [1.29, 1.82) is 0 Å². The van der Waals surface area contributed by atoms with Gasteiger partial charge in [0.05, 0.1) is 5.92 Å². The first-order chi connectivity index (χ1) is 12.6. The maximum Gasteiger partial charge on any atom is 0.311 e. The summed E-state index contributed by atoms with van der Waals surface area (Å²) < 4.78 is 5.81. The average molecular weight is 348 g/mol. The lowest BCUT2D eigenvalue weighted by atomic mass is 9.92. The third-order valence-corrected chi connectivity index (χ3v) is 4.16. The Morgan fingerprint density at radius 2 is 1.62 bits per heavy atom. The average Bonchev–Trinajstić information content (AvgIpc) is 2.65. The quantitative estimate of drug-likeness (QED) is 0.665. The van der Waals surface area contributed by atoms with Crippen molar-refractivity contribution in [3.8, 4) is 11.5 Å². The lowest BCUT2D eigenvalue weighted by Crippen LogP contribution is -2.14. The molecule has 0 amide bonds. The minimum absolute atomic E-state index is 0.0636. The largest absolute Gasteiger partial charge is 0.508 e. The molecule has 0 aliphatic rings. The summed E-state index contributed by atoms with van der Waals surface area (Å²) in [5.74, 6) is -0.891. The Balaban J connectivity index is 1.73. The van der Waals surface area contributed by atoms with Crippen LogP contribution >= 0.6 is 0 Å². The smallest absolute Gasteiger partial charge is 0.311 e. The van der Waals surface area contributed by atoms with E-state index in [2.05, 4.69) is 0 Å². The number of phenols is 1. The van der Waals surface area contributed by atoms with E-state index in [-0.39, 0.29) is 5.75 Å². The predicted octanol–water partition coefficient (Wildman–Crippen LogP) is 4.38. The number of phenolic OH excluding ortho intramolecular Hbond substituents is 1. The SMILES string of the molecule is O=C(O)C(Cc1cccc(OCc2ccccc2)c1)c1cccc(O)c1. The molecule has 1 atom stereocenters. The Kier molecular flexibility index (Phi) is 5.54. The van der Waals surface area contributed by atoms with Crippen LogP contribution in [-0.2, 0) is 17.8 Å². The van der Waals surface area contributed by atoms with Crippen molar-refractivity contribution >= 4 is 5.97 Å². The minimum Gasteiger partial charge on any atom is -0.508 e. The highest BCUT2D eigenvalue weighted by atomic mass is 16.5. The third kappa shape index (κ3) is 4.63. The Bertz CT molecular complexity index is 874. The molecule has 132 valence electrons. The van der Waals surface area contributed by atoms with E-state index in [0.29, 0.717) is 24.3 Å². The number of hydrogen-bond donors (Lipinski definition) is 2. The Morgan fingerprint density at radius 1 is 0.885 bits per heavy atom. The van der Waals surface area contributed by atoms with Crippen LogP contribution in [0.1, 0.15) is 22.6 Å². The topological polar surface area (TPSA) is 66.8 Å². The zero-order chi connectivity index (χ0) is 18.4. The zero-order valence-electron chi connectivity index (χ0n) is 14.2. The fourth-order valence-corrected chi connectivity index (χ4v) is 2.83. The van der Waals surface area contributed by atoms with Crippen molar-refractivity contribution in [3.05, 3.63) is 95.6 Å². The number of carboxylic acid groups (broad SMARTS) is 1. The minimum atomic E-state index is -0.925. The first-order valence-electron chi connectivity index (χ1n) is 8.39. The van der Waals surface area contributed by atoms with Gasteiger partial charge >= 0.3 is 5.97 Å². The van der Waals surface area contributed by atoms with E-state index in [0.717, 1.165) is 11.1 Å². The van der Waals surface area contributed by atoms with E-state index >= 15 is 0 Å². The molecule has 0 saturated carbocycles. The van der Waals surface area contributed by atoms with E-state index in [1.807, 2.05) is 54.6 Å². The second-order valence-electron chi connectivity index (χ2n) is 6.11. The molecular formula is C22H20O4. The molecule has 0 saturated heterocycles. The van der Waals surface area contributed by atoms with Crippen molar-refractivity contribution in [1.82, 2.24) is 0 Å². The fourth-order valence-electron chi connectivity index (χ4n) is 2.83. The van der Waals surface area contributed by atoms with Gasteiger partial charge in [-0.3, -0.25) is 4.79 Å². The van der Waals surface area contributed by atoms with Gasteiger partial charge in [-0.25, -0.2) is 0 Å². The standard InChI is InChI=1S/C22H20O4/c23-19-10-5-9-18(14-19)21(22(24)25)13-17-8-4-11-20(12-17)26-15-16-6-2-1-3-7-16/h1-12,14,21,23H,13,15H2,(H,24,25). The van der Waals surface area contributed by atoms with Gasteiger partial charge in [0, 0.05) is 0 Å². The maximum absolute atomic E-state index is 11.7. The van der Waals surface area contributed by atoms with Crippen LogP contribution in [0.2, 0.25) is 0 Å². The van der Waals surface area contributed by atoms with E-state index < -0.39 is 11.9 Å². The number of rotatable bonds is 7. The number of carbonyl (C=O) groups is 1. The summed E-state index contributed by atoms with van der Waals surface area (Å²) in [4.78, 5) is 11.7. The molecule has 4 heteroatoms. The van der Waals surface area contributed by atoms with Crippen LogP contribution in [0.25, 0.3) is 0 Å². The van der Waals surface area contributed by atoms with Gasteiger partial charge in [0.2, 0.25) is 0 Å². The summed E-state index contributed by atoms with van der Waals surface area (Å²) in [7, 11) is 0. The molecule has 0 spiro atoms. The summed E-state index contributed by atoms with van der Waals surface area (Å²) in [5.41, 5.74) is 2.51. The number of ether oxygens (including phenoxy) is 1.